The summed E-state index contributed by atoms with van der Waals surface area (Å²) in [4.78, 5) is 12.0. The molecule has 0 saturated heterocycles. The van der Waals surface area contributed by atoms with Crippen LogP contribution < -0.4 is 10.1 Å². The molecule has 0 aliphatic heterocycles. The highest BCUT2D eigenvalue weighted by Gasteiger charge is 2.05. The minimum Gasteiger partial charge on any atom is -0.493 e. The second kappa shape index (κ2) is 9.97. The summed E-state index contributed by atoms with van der Waals surface area (Å²) < 4.78 is 11.4. The first kappa shape index (κ1) is 20.0. The van der Waals surface area contributed by atoms with E-state index < -0.39 is 0 Å². The standard InChI is InChI=1S/C22H29NO3/c1-16(2)26-15-20-9-6-8-19(13-20)14-23-22(24)11-12-25-21-10-5-7-17(3)18(21)4/h5-10,13,16H,11-12,14-15H2,1-4H3,(H,23,24). The van der Waals surface area contributed by atoms with Crippen molar-refractivity contribution < 1.29 is 14.3 Å². The van der Waals surface area contributed by atoms with Crippen LogP contribution in [0.2, 0.25) is 0 Å². The molecule has 2 rings (SSSR count). The first-order valence-corrected chi connectivity index (χ1v) is 9.11. The number of benzene rings is 2. The van der Waals surface area contributed by atoms with Gasteiger partial charge in [-0.3, -0.25) is 4.79 Å². The van der Waals surface area contributed by atoms with Crippen LogP contribution in [0.3, 0.4) is 0 Å². The minimum atomic E-state index is -0.0147. The van der Waals surface area contributed by atoms with Crippen LogP contribution >= 0.6 is 0 Å². The normalized spacial score (nSPS) is 10.8. The smallest absolute Gasteiger partial charge is 0.223 e. The van der Waals surface area contributed by atoms with Crippen molar-refractivity contribution in [2.45, 2.75) is 53.4 Å². The van der Waals surface area contributed by atoms with Crippen LogP contribution in [0, 0.1) is 13.8 Å². The third-order valence-electron chi connectivity index (χ3n) is 4.21. The maximum Gasteiger partial charge on any atom is 0.223 e. The number of nitrogens with one attached hydrogen (secondary N) is 1. The second-order valence-corrected chi connectivity index (χ2v) is 6.75. The topological polar surface area (TPSA) is 47.6 Å². The van der Waals surface area contributed by atoms with Crippen molar-refractivity contribution in [2.24, 2.45) is 0 Å². The van der Waals surface area contributed by atoms with E-state index in [2.05, 4.69) is 24.4 Å². The molecule has 0 atom stereocenters. The van der Waals surface area contributed by atoms with Gasteiger partial charge in [-0.15, -0.1) is 0 Å². The van der Waals surface area contributed by atoms with Crippen molar-refractivity contribution in [1.29, 1.82) is 0 Å². The number of rotatable bonds is 9. The van der Waals surface area contributed by atoms with Gasteiger partial charge in [0.05, 0.1) is 25.7 Å². The lowest BCUT2D eigenvalue weighted by atomic mass is 10.1. The van der Waals surface area contributed by atoms with Gasteiger partial charge < -0.3 is 14.8 Å². The summed E-state index contributed by atoms with van der Waals surface area (Å²) >= 11 is 0. The monoisotopic (exact) mass is 355 g/mol. The molecule has 0 fully saturated rings. The maximum absolute atomic E-state index is 12.0. The van der Waals surface area contributed by atoms with Crippen LogP contribution in [0.25, 0.3) is 0 Å². The highest BCUT2D eigenvalue weighted by molar-refractivity contribution is 5.76. The Kier molecular flexibility index (Phi) is 7.67. The fourth-order valence-corrected chi connectivity index (χ4v) is 2.52. The number of amides is 1. The average Bonchev–Trinajstić information content (AvgIpc) is 2.62. The molecule has 0 aromatic heterocycles. The van der Waals surface area contributed by atoms with E-state index in [1.165, 1.54) is 5.56 Å². The van der Waals surface area contributed by atoms with E-state index in [0.717, 1.165) is 22.4 Å². The molecule has 1 amide bonds. The number of aryl methyl sites for hydroxylation is 1. The molecular formula is C22H29NO3. The predicted molar refractivity (Wildman–Crippen MR) is 104 cm³/mol. The quantitative estimate of drug-likeness (QED) is 0.729. The van der Waals surface area contributed by atoms with Crippen molar-refractivity contribution in [2.75, 3.05) is 6.61 Å². The molecule has 2 aromatic rings. The Hall–Kier alpha value is -2.33. The summed E-state index contributed by atoms with van der Waals surface area (Å²) in [6.45, 7) is 9.59. The van der Waals surface area contributed by atoms with Crippen molar-refractivity contribution in [3.8, 4) is 5.75 Å². The second-order valence-electron chi connectivity index (χ2n) is 6.75. The molecule has 140 valence electrons. The molecule has 0 aliphatic rings. The first-order valence-electron chi connectivity index (χ1n) is 9.11. The number of ether oxygens (including phenoxy) is 2. The van der Waals surface area contributed by atoms with Crippen LogP contribution in [0.5, 0.6) is 5.75 Å². The zero-order valence-electron chi connectivity index (χ0n) is 16.2. The Bertz CT molecular complexity index is 725. The van der Waals surface area contributed by atoms with Gasteiger partial charge in [0.2, 0.25) is 5.91 Å². The molecule has 0 saturated carbocycles. The Balaban J connectivity index is 1.75. The lowest BCUT2D eigenvalue weighted by molar-refractivity contribution is -0.121. The van der Waals surface area contributed by atoms with E-state index in [1.807, 2.05) is 51.1 Å². The van der Waals surface area contributed by atoms with Gasteiger partial charge in [0, 0.05) is 6.54 Å². The van der Waals surface area contributed by atoms with Crippen LogP contribution in [0.1, 0.15) is 42.5 Å². The van der Waals surface area contributed by atoms with Crippen molar-refractivity contribution in [3.05, 3.63) is 64.7 Å². The molecule has 0 bridgehead atoms. The lowest BCUT2D eigenvalue weighted by Crippen LogP contribution is -2.24. The van der Waals surface area contributed by atoms with E-state index in [0.29, 0.717) is 26.2 Å². The lowest BCUT2D eigenvalue weighted by Gasteiger charge is -2.11. The van der Waals surface area contributed by atoms with E-state index in [-0.39, 0.29) is 12.0 Å². The number of hydrogen-bond acceptors (Lipinski definition) is 3. The van der Waals surface area contributed by atoms with Gasteiger partial charge in [0.1, 0.15) is 5.75 Å². The number of carbonyl (C=O) groups excluding carboxylic acids is 1. The Morgan fingerprint density at radius 3 is 2.58 bits per heavy atom. The summed E-state index contributed by atoms with van der Waals surface area (Å²) in [7, 11) is 0. The molecule has 26 heavy (non-hydrogen) atoms. The van der Waals surface area contributed by atoms with E-state index in [9.17, 15) is 4.79 Å². The molecule has 0 aliphatic carbocycles. The molecule has 4 heteroatoms. The van der Waals surface area contributed by atoms with Gasteiger partial charge >= 0.3 is 0 Å². The maximum atomic E-state index is 12.0. The highest BCUT2D eigenvalue weighted by atomic mass is 16.5. The fraction of sp³-hybridized carbons (Fsp3) is 0.409. The van der Waals surface area contributed by atoms with Gasteiger partial charge in [-0.05, 0) is 56.0 Å². The highest BCUT2D eigenvalue weighted by Crippen LogP contribution is 2.20. The molecule has 0 radical (unpaired) electrons. The van der Waals surface area contributed by atoms with Crippen molar-refractivity contribution in [3.63, 3.8) is 0 Å². The van der Waals surface area contributed by atoms with Crippen LogP contribution in [-0.4, -0.2) is 18.6 Å². The summed E-state index contributed by atoms with van der Waals surface area (Å²) in [5.41, 5.74) is 4.49. The predicted octanol–water partition coefficient (Wildman–Crippen LogP) is 4.31. The van der Waals surface area contributed by atoms with E-state index in [4.69, 9.17) is 9.47 Å². The summed E-state index contributed by atoms with van der Waals surface area (Å²) in [5.74, 6) is 0.829. The van der Waals surface area contributed by atoms with Crippen molar-refractivity contribution >= 4 is 5.91 Å². The molecule has 2 aromatic carbocycles. The van der Waals surface area contributed by atoms with Gasteiger partial charge in [-0.2, -0.15) is 0 Å². The number of carbonyl (C=O) groups is 1. The molecule has 0 unspecified atom stereocenters. The average molecular weight is 355 g/mol. The van der Waals surface area contributed by atoms with Crippen LogP contribution in [0.15, 0.2) is 42.5 Å². The van der Waals surface area contributed by atoms with Crippen LogP contribution in [0.4, 0.5) is 0 Å². The summed E-state index contributed by atoms with van der Waals surface area (Å²) in [6, 6.07) is 14.0. The first-order chi connectivity index (χ1) is 12.5. The Morgan fingerprint density at radius 1 is 1.08 bits per heavy atom. The van der Waals surface area contributed by atoms with E-state index in [1.54, 1.807) is 0 Å². The zero-order valence-corrected chi connectivity index (χ0v) is 16.2. The summed E-state index contributed by atoms with van der Waals surface area (Å²) in [6.07, 6.45) is 0.541. The fourth-order valence-electron chi connectivity index (χ4n) is 2.52. The zero-order chi connectivity index (χ0) is 18.9. The molecule has 0 heterocycles. The van der Waals surface area contributed by atoms with Gasteiger partial charge in [-0.1, -0.05) is 36.4 Å². The van der Waals surface area contributed by atoms with Gasteiger partial charge in [0.25, 0.3) is 0 Å². The Labute approximate surface area is 156 Å². The molecular weight excluding hydrogens is 326 g/mol. The SMILES string of the molecule is Cc1cccc(OCCC(=O)NCc2cccc(COC(C)C)c2)c1C. The Morgan fingerprint density at radius 2 is 1.81 bits per heavy atom. The third-order valence-corrected chi connectivity index (χ3v) is 4.21. The molecule has 4 nitrogen and oxygen atoms in total. The van der Waals surface area contributed by atoms with Crippen LogP contribution in [-0.2, 0) is 22.7 Å². The summed E-state index contributed by atoms with van der Waals surface area (Å²) in [5, 5.41) is 2.94. The third kappa shape index (κ3) is 6.52. The van der Waals surface area contributed by atoms with E-state index >= 15 is 0 Å². The van der Waals surface area contributed by atoms with Crippen molar-refractivity contribution in [1.82, 2.24) is 5.32 Å². The molecule has 0 spiro atoms. The van der Waals surface area contributed by atoms with Gasteiger partial charge in [0.15, 0.2) is 0 Å². The molecule has 1 N–H and O–H groups in total. The largest absolute Gasteiger partial charge is 0.493 e. The minimum absolute atomic E-state index is 0.0147. The number of hydrogen-bond donors (Lipinski definition) is 1. The van der Waals surface area contributed by atoms with Gasteiger partial charge in [-0.25, -0.2) is 0 Å².